The number of benzene rings is 3. The van der Waals surface area contributed by atoms with E-state index in [1.54, 1.807) is 60.7 Å². The summed E-state index contributed by atoms with van der Waals surface area (Å²) >= 11 is 0. The number of ether oxygens (including phenoxy) is 3. The molecule has 0 spiro atoms. The molecule has 5 heteroatoms. The highest BCUT2D eigenvalue weighted by atomic mass is 16.5. The molecule has 0 N–H and O–H groups in total. The molecule has 3 rings (SSSR count). The maximum absolute atomic E-state index is 12.5. The van der Waals surface area contributed by atoms with Gasteiger partial charge in [0, 0.05) is 0 Å². The predicted molar refractivity (Wildman–Crippen MR) is 142 cm³/mol. The summed E-state index contributed by atoms with van der Waals surface area (Å²) in [6, 6.07) is 20.5. The average molecular weight is 489 g/mol. The lowest BCUT2D eigenvalue weighted by Crippen LogP contribution is -2.10. The van der Waals surface area contributed by atoms with Gasteiger partial charge in [0.05, 0.1) is 17.7 Å². The molecule has 0 amide bonds. The molecule has 36 heavy (non-hydrogen) atoms. The molecule has 0 radical (unpaired) electrons. The van der Waals surface area contributed by atoms with E-state index in [2.05, 4.69) is 20.8 Å². The van der Waals surface area contributed by atoms with Crippen LogP contribution in [0.15, 0.2) is 72.8 Å². The van der Waals surface area contributed by atoms with Gasteiger partial charge in [0.15, 0.2) is 0 Å². The molecule has 190 valence electrons. The van der Waals surface area contributed by atoms with Crippen LogP contribution in [-0.2, 0) is 0 Å². The SMILES string of the molecule is Cc1ccc(OC(=O)c2ccc(OC(=O)c3ccc(OCC[C@@H](C)CCCC(C)C)cc3)cc2)cc1. The van der Waals surface area contributed by atoms with E-state index in [0.717, 1.165) is 23.7 Å². The molecular formula is C31H36O5. The minimum atomic E-state index is -0.477. The van der Waals surface area contributed by atoms with Crippen molar-refractivity contribution in [3.05, 3.63) is 89.5 Å². The lowest BCUT2D eigenvalue weighted by atomic mass is 9.98. The average Bonchev–Trinajstić information content (AvgIpc) is 2.86. The van der Waals surface area contributed by atoms with Gasteiger partial charge >= 0.3 is 11.9 Å². The third kappa shape index (κ3) is 8.88. The molecule has 0 saturated heterocycles. The van der Waals surface area contributed by atoms with E-state index in [9.17, 15) is 9.59 Å². The van der Waals surface area contributed by atoms with E-state index in [1.165, 1.54) is 19.3 Å². The minimum Gasteiger partial charge on any atom is -0.494 e. The van der Waals surface area contributed by atoms with Gasteiger partial charge < -0.3 is 14.2 Å². The van der Waals surface area contributed by atoms with E-state index in [0.29, 0.717) is 35.2 Å². The molecule has 5 nitrogen and oxygen atoms in total. The Kier molecular flexibility index (Phi) is 10.1. The summed E-state index contributed by atoms with van der Waals surface area (Å²) in [6.45, 7) is 9.41. The highest BCUT2D eigenvalue weighted by molar-refractivity contribution is 5.92. The van der Waals surface area contributed by atoms with Crippen LogP contribution in [0.4, 0.5) is 0 Å². The van der Waals surface area contributed by atoms with Crippen LogP contribution in [0.5, 0.6) is 17.2 Å². The molecule has 0 aliphatic heterocycles. The van der Waals surface area contributed by atoms with Crippen molar-refractivity contribution >= 4 is 11.9 Å². The van der Waals surface area contributed by atoms with Crippen LogP contribution < -0.4 is 14.2 Å². The fraction of sp³-hybridized carbons (Fsp3) is 0.355. The van der Waals surface area contributed by atoms with E-state index in [4.69, 9.17) is 14.2 Å². The van der Waals surface area contributed by atoms with Crippen LogP contribution in [0.2, 0.25) is 0 Å². The van der Waals surface area contributed by atoms with Crippen LogP contribution in [0, 0.1) is 18.8 Å². The summed E-state index contributed by atoms with van der Waals surface area (Å²) in [7, 11) is 0. The standard InChI is InChI=1S/C31H36O5/c1-22(2)6-5-7-23(3)20-21-34-27-16-10-25(11-17-27)30(32)36-29-18-12-26(13-19-29)31(33)35-28-14-8-24(4)9-15-28/h8-19,22-23H,5-7,20-21H2,1-4H3/t23-/m0/s1. The second-order valence-electron chi connectivity index (χ2n) is 9.71. The van der Waals surface area contributed by atoms with Crippen molar-refractivity contribution in [2.75, 3.05) is 6.61 Å². The van der Waals surface area contributed by atoms with Crippen molar-refractivity contribution in [3.8, 4) is 17.2 Å². The summed E-state index contributed by atoms with van der Waals surface area (Å²) < 4.78 is 16.7. The summed E-state index contributed by atoms with van der Waals surface area (Å²) in [5.41, 5.74) is 1.87. The van der Waals surface area contributed by atoms with Gasteiger partial charge in [-0.3, -0.25) is 0 Å². The normalized spacial score (nSPS) is 11.7. The molecule has 0 aliphatic carbocycles. The molecule has 3 aromatic rings. The Bertz CT molecular complexity index is 1100. The molecule has 0 heterocycles. The van der Waals surface area contributed by atoms with Gasteiger partial charge in [0.25, 0.3) is 0 Å². The Morgan fingerprint density at radius 1 is 0.639 bits per heavy atom. The third-order valence-corrected chi connectivity index (χ3v) is 5.98. The first-order chi connectivity index (χ1) is 17.3. The Labute approximate surface area is 214 Å². The van der Waals surface area contributed by atoms with Gasteiger partial charge in [-0.2, -0.15) is 0 Å². The molecule has 0 aliphatic rings. The minimum absolute atomic E-state index is 0.346. The van der Waals surface area contributed by atoms with Crippen molar-refractivity contribution in [1.82, 2.24) is 0 Å². The predicted octanol–water partition coefficient (Wildman–Crippen LogP) is 7.66. The zero-order chi connectivity index (χ0) is 25.9. The molecule has 0 aromatic heterocycles. The molecule has 1 atom stereocenters. The lowest BCUT2D eigenvalue weighted by Gasteiger charge is -2.13. The van der Waals surface area contributed by atoms with Crippen molar-refractivity contribution in [2.24, 2.45) is 11.8 Å². The fourth-order valence-corrected chi connectivity index (χ4v) is 3.68. The third-order valence-electron chi connectivity index (χ3n) is 5.98. The number of carbonyl (C=O) groups is 2. The molecular weight excluding hydrogens is 452 g/mol. The van der Waals surface area contributed by atoms with Gasteiger partial charge in [-0.05, 0) is 85.8 Å². The number of hydrogen-bond acceptors (Lipinski definition) is 5. The number of esters is 2. The first-order valence-corrected chi connectivity index (χ1v) is 12.6. The topological polar surface area (TPSA) is 61.8 Å². The van der Waals surface area contributed by atoms with E-state index in [-0.39, 0.29) is 0 Å². The van der Waals surface area contributed by atoms with E-state index in [1.807, 2.05) is 19.1 Å². The molecule has 0 unspecified atom stereocenters. The molecule has 0 bridgehead atoms. The number of hydrogen-bond donors (Lipinski definition) is 0. The van der Waals surface area contributed by atoms with Gasteiger partial charge in [0.2, 0.25) is 0 Å². The summed E-state index contributed by atoms with van der Waals surface area (Å²) in [5, 5.41) is 0. The smallest absolute Gasteiger partial charge is 0.343 e. The number of aryl methyl sites for hydroxylation is 1. The Hall–Kier alpha value is -3.60. The summed E-state index contributed by atoms with van der Waals surface area (Å²) in [5.74, 6) is 1.99. The molecule has 0 fully saturated rings. The number of carbonyl (C=O) groups excluding carboxylic acids is 2. The molecule has 3 aromatic carbocycles. The van der Waals surface area contributed by atoms with Gasteiger partial charge in [-0.25, -0.2) is 9.59 Å². The maximum atomic E-state index is 12.5. The van der Waals surface area contributed by atoms with Crippen LogP contribution >= 0.6 is 0 Å². The Morgan fingerprint density at radius 2 is 1.11 bits per heavy atom. The van der Waals surface area contributed by atoms with Crippen molar-refractivity contribution in [3.63, 3.8) is 0 Å². The second-order valence-corrected chi connectivity index (χ2v) is 9.71. The highest BCUT2D eigenvalue weighted by Crippen LogP contribution is 2.20. The lowest BCUT2D eigenvalue weighted by molar-refractivity contribution is 0.0730. The summed E-state index contributed by atoms with van der Waals surface area (Å²) in [6.07, 6.45) is 4.76. The maximum Gasteiger partial charge on any atom is 0.343 e. The first kappa shape index (κ1) is 27.0. The zero-order valence-corrected chi connectivity index (χ0v) is 21.7. The summed E-state index contributed by atoms with van der Waals surface area (Å²) in [4.78, 5) is 24.8. The van der Waals surface area contributed by atoms with Crippen molar-refractivity contribution < 1.29 is 23.8 Å². The van der Waals surface area contributed by atoms with Gasteiger partial charge in [-0.1, -0.05) is 57.7 Å². The first-order valence-electron chi connectivity index (χ1n) is 12.6. The monoisotopic (exact) mass is 488 g/mol. The fourth-order valence-electron chi connectivity index (χ4n) is 3.68. The van der Waals surface area contributed by atoms with E-state index >= 15 is 0 Å². The van der Waals surface area contributed by atoms with Crippen molar-refractivity contribution in [1.29, 1.82) is 0 Å². The van der Waals surface area contributed by atoms with Crippen LogP contribution in [0.25, 0.3) is 0 Å². The van der Waals surface area contributed by atoms with Crippen LogP contribution in [0.3, 0.4) is 0 Å². The van der Waals surface area contributed by atoms with Crippen LogP contribution in [-0.4, -0.2) is 18.5 Å². The zero-order valence-electron chi connectivity index (χ0n) is 21.7. The van der Waals surface area contributed by atoms with Crippen LogP contribution in [0.1, 0.15) is 72.7 Å². The largest absolute Gasteiger partial charge is 0.494 e. The Balaban J connectivity index is 1.44. The molecule has 0 saturated carbocycles. The quantitative estimate of drug-likeness (QED) is 0.193. The van der Waals surface area contributed by atoms with Gasteiger partial charge in [-0.15, -0.1) is 0 Å². The van der Waals surface area contributed by atoms with Gasteiger partial charge in [0.1, 0.15) is 17.2 Å². The second kappa shape index (κ2) is 13.5. The van der Waals surface area contributed by atoms with Crippen molar-refractivity contribution in [2.45, 2.75) is 53.4 Å². The Morgan fingerprint density at radius 3 is 1.61 bits per heavy atom. The van der Waals surface area contributed by atoms with E-state index < -0.39 is 11.9 Å². The highest BCUT2D eigenvalue weighted by Gasteiger charge is 2.12. The number of rotatable bonds is 12.